The summed E-state index contributed by atoms with van der Waals surface area (Å²) >= 11 is 0. The van der Waals surface area contributed by atoms with Gasteiger partial charge in [0.2, 0.25) is 0 Å². The molecule has 0 fully saturated rings. The van der Waals surface area contributed by atoms with Crippen molar-refractivity contribution in [1.82, 2.24) is 0 Å². The second-order valence-corrected chi connectivity index (χ2v) is 6.10. The fraction of sp³-hybridized carbons (Fsp3) is 0.684. The molecule has 20 heavy (non-hydrogen) atoms. The Bertz CT molecular complexity index is 333. The lowest BCUT2D eigenvalue weighted by Gasteiger charge is -2.29. The van der Waals surface area contributed by atoms with Crippen LogP contribution in [0.1, 0.15) is 83.6 Å². The van der Waals surface area contributed by atoms with E-state index in [1.54, 1.807) is 0 Å². The Hall–Kier alpha value is -0.820. The van der Waals surface area contributed by atoms with Gasteiger partial charge in [-0.15, -0.1) is 0 Å². The van der Waals surface area contributed by atoms with Crippen molar-refractivity contribution in [3.63, 3.8) is 0 Å². The summed E-state index contributed by atoms with van der Waals surface area (Å²) in [5.41, 5.74) is 7.77. The topological polar surface area (TPSA) is 26.0 Å². The van der Waals surface area contributed by atoms with Gasteiger partial charge in [0.1, 0.15) is 0 Å². The standard InChI is InChI=1S/C19H33N/c1-3-5-6-7-8-9-10-14-17-19(20,4-2)18-15-12-11-13-16-18/h11-13,15-16H,3-10,14,17,20H2,1-2H3. The molecule has 0 aliphatic heterocycles. The van der Waals surface area contributed by atoms with Crippen LogP contribution in [0.2, 0.25) is 0 Å². The van der Waals surface area contributed by atoms with E-state index in [-0.39, 0.29) is 5.54 Å². The summed E-state index contributed by atoms with van der Waals surface area (Å²) in [6.07, 6.45) is 13.1. The SMILES string of the molecule is CCCCCCCCCCC(N)(CC)c1ccccc1. The van der Waals surface area contributed by atoms with Crippen LogP contribution >= 0.6 is 0 Å². The number of rotatable bonds is 11. The fourth-order valence-corrected chi connectivity index (χ4v) is 2.87. The molecule has 1 aromatic rings. The van der Waals surface area contributed by atoms with Gasteiger partial charge in [-0.05, 0) is 18.4 Å². The van der Waals surface area contributed by atoms with E-state index in [4.69, 9.17) is 5.73 Å². The third-order valence-electron chi connectivity index (χ3n) is 4.46. The molecular formula is C19H33N. The minimum absolute atomic E-state index is 0.122. The second kappa shape index (κ2) is 9.99. The molecule has 0 aliphatic rings. The molecule has 0 aliphatic carbocycles. The van der Waals surface area contributed by atoms with E-state index < -0.39 is 0 Å². The van der Waals surface area contributed by atoms with Crippen molar-refractivity contribution < 1.29 is 0 Å². The molecule has 114 valence electrons. The molecule has 0 radical (unpaired) electrons. The Labute approximate surface area is 126 Å². The largest absolute Gasteiger partial charge is 0.321 e. The Morgan fingerprint density at radius 2 is 1.35 bits per heavy atom. The van der Waals surface area contributed by atoms with Crippen molar-refractivity contribution in [1.29, 1.82) is 0 Å². The van der Waals surface area contributed by atoms with E-state index in [2.05, 4.69) is 44.2 Å². The zero-order valence-corrected chi connectivity index (χ0v) is 13.5. The smallest absolute Gasteiger partial charge is 0.0407 e. The summed E-state index contributed by atoms with van der Waals surface area (Å²) in [4.78, 5) is 0. The minimum atomic E-state index is -0.122. The van der Waals surface area contributed by atoms with Crippen LogP contribution in [0, 0.1) is 0 Å². The number of hydrogen-bond donors (Lipinski definition) is 1. The van der Waals surface area contributed by atoms with E-state index >= 15 is 0 Å². The number of benzene rings is 1. The van der Waals surface area contributed by atoms with Crippen molar-refractivity contribution >= 4 is 0 Å². The molecule has 1 nitrogen and oxygen atoms in total. The lowest BCUT2D eigenvalue weighted by atomic mass is 9.83. The average Bonchev–Trinajstić information content (AvgIpc) is 2.50. The highest BCUT2D eigenvalue weighted by atomic mass is 14.7. The first kappa shape index (κ1) is 17.2. The predicted molar refractivity (Wildman–Crippen MR) is 89.8 cm³/mol. The van der Waals surface area contributed by atoms with Crippen molar-refractivity contribution in [3.8, 4) is 0 Å². The first-order chi connectivity index (χ1) is 9.73. The van der Waals surface area contributed by atoms with E-state index in [9.17, 15) is 0 Å². The molecule has 0 spiro atoms. The quantitative estimate of drug-likeness (QED) is 0.509. The van der Waals surface area contributed by atoms with Crippen LogP contribution in [0.4, 0.5) is 0 Å². The Balaban J connectivity index is 2.22. The summed E-state index contributed by atoms with van der Waals surface area (Å²) in [7, 11) is 0. The molecule has 1 aromatic carbocycles. The molecule has 2 N–H and O–H groups in total. The molecule has 1 atom stereocenters. The summed E-state index contributed by atoms with van der Waals surface area (Å²) in [6, 6.07) is 10.6. The molecule has 0 aromatic heterocycles. The van der Waals surface area contributed by atoms with Gasteiger partial charge >= 0.3 is 0 Å². The first-order valence-corrected chi connectivity index (χ1v) is 8.57. The van der Waals surface area contributed by atoms with Crippen LogP contribution < -0.4 is 5.73 Å². The number of nitrogens with two attached hydrogens (primary N) is 1. The van der Waals surface area contributed by atoms with E-state index in [1.165, 1.54) is 56.9 Å². The van der Waals surface area contributed by atoms with Gasteiger partial charge in [0.05, 0.1) is 0 Å². The molecule has 1 rings (SSSR count). The van der Waals surface area contributed by atoms with E-state index in [0.29, 0.717) is 0 Å². The van der Waals surface area contributed by atoms with Gasteiger partial charge in [0.25, 0.3) is 0 Å². The van der Waals surface area contributed by atoms with Crippen molar-refractivity contribution in [3.05, 3.63) is 35.9 Å². The maximum Gasteiger partial charge on any atom is 0.0407 e. The van der Waals surface area contributed by atoms with Crippen molar-refractivity contribution in [2.24, 2.45) is 5.73 Å². The Kier molecular flexibility index (Phi) is 8.60. The number of unbranched alkanes of at least 4 members (excludes halogenated alkanes) is 7. The van der Waals surface area contributed by atoms with Gasteiger partial charge in [0.15, 0.2) is 0 Å². The first-order valence-electron chi connectivity index (χ1n) is 8.57. The Morgan fingerprint density at radius 1 is 0.800 bits per heavy atom. The monoisotopic (exact) mass is 275 g/mol. The van der Waals surface area contributed by atoms with Gasteiger partial charge in [-0.25, -0.2) is 0 Å². The van der Waals surface area contributed by atoms with Gasteiger partial charge < -0.3 is 5.73 Å². The summed E-state index contributed by atoms with van der Waals surface area (Å²) in [5.74, 6) is 0. The van der Waals surface area contributed by atoms with Crippen LogP contribution in [0.25, 0.3) is 0 Å². The van der Waals surface area contributed by atoms with Crippen LogP contribution in [0.15, 0.2) is 30.3 Å². The summed E-state index contributed by atoms with van der Waals surface area (Å²) in [5, 5.41) is 0. The third kappa shape index (κ3) is 6.09. The normalized spacial score (nSPS) is 14.2. The van der Waals surface area contributed by atoms with Crippen LogP contribution in [0.3, 0.4) is 0 Å². The van der Waals surface area contributed by atoms with Gasteiger partial charge in [-0.2, -0.15) is 0 Å². The van der Waals surface area contributed by atoms with E-state index in [1.807, 2.05) is 0 Å². The second-order valence-electron chi connectivity index (χ2n) is 6.10. The molecular weight excluding hydrogens is 242 g/mol. The van der Waals surface area contributed by atoms with Gasteiger partial charge in [-0.3, -0.25) is 0 Å². The molecule has 1 heteroatoms. The molecule has 0 heterocycles. The molecule has 0 amide bonds. The highest BCUT2D eigenvalue weighted by Crippen LogP contribution is 2.28. The van der Waals surface area contributed by atoms with Crippen LogP contribution in [0.5, 0.6) is 0 Å². The third-order valence-corrected chi connectivity index (χ3v) is 4.46. The van der Waals surface area contributed by atoms with Crippen molar-refractivity contribution in [2.75, 3.05) is 0 Å². The zero-order chi connectivity index (χ0) is 14.7. The van der Waals surface area contributed by atoms with Crippen molar-refractivity contribution in [2.45, 2.75) is 83.6 Å². The molecule has 1 unspecified atom stereocenters. The molecule has 0 saturated heterocycles. The maximum absolute atomic E-state index is 6.60. The Morgan fingerprint density at radius 3 is 1.90 bits per heavy atom. The summed E-state index contributed by atoms with van der Waals surface area (Å²) in [6.45, 7) is 4.48. The van der Waals surface area contributed by atoms with Crippen LogP contribution in [-0.4, -0.2) is 0 Å². The minimum Gasteiger partial charge on any atom is -0.321 e. The van der Waals surface area contributed by atoms with Crippen LogP contribution in [-0.2, 0) is 5.54 Å². The maximum atomic E-state index is 6.60. The van der Waals surface area contributed by atoms with E-state index in [0.717, 1.165) is 12.8 Å². The fourth-order valence-electron chi connectivity index (χ4n) is 2.87. The predicted octanol–water partition coefficient (Wildman–Crippen LogP) is 5.78. The van der Waals surface area contributed by atoms with Gasteiger partial charge in [0, 0.05) is 5.54 Å². The molecule has 0 bridgehead atoms. The molecule has 0 saturated carbocycles. The lowest BCUT2D eigenvalue weighted by molar-refractivity contribution is 0.372. The average molecular weight is 275 g/mol. The zero-order valence-electron chi connectivity index (χ0n) is 13.5. The number of hydrogen-bond acceptors (Lipinski definition) is 1. The lowest BCUT2D eigenvalue weighted by Crippen LogP contribution is -2.35. The summed E-state index contributed by atoms with van der Waals surface area (Å²) < 4.78 is 0. The van der Waals surface area contributed by atoms with Gasteiger partial charge in [-0.1, -0.05) is 95.5 Å². The highest BCUT2D eigenvalue weighted by molar-refractivity contribution is 5.23. The highest BCUT2D eigenvalue weighted by Gasteiger charge is 2.23.